The monoisotopic (exact) mass is 659 g/mol. The summed E-state index contributed by atoms with van der Waals surface area (Å²) in [6.45, 7) is 2.12. The van der Waals surface area contributed by atoms with E-state index >= 15 is 0 Å². The standard InChI is InChI=1S/C36H30BrN5O3/c1-22-35(26-12-6-7-13-28(26)38-22)32-20-30(23-10-4-3-5-11-23)40-41(32)21-25(43)19-34-39-29-17-16-24(37)18-27(29)36(44)42(34)31-14-8-9-15-33(31)45-2/h3-18,32,38H,19-21H2,1-2H3. The van der Waals surface area contributed by atoms with E-state index in [4.69, 9.17) is 14.8 Å². The summed E-state index contributed by atoms with van der Waals surface area (Å²) in [6, 6.07) is 30.8. The van der Waals surface area contributed by atoms with Crippen molar-refractivity contribution in [2.45, 2.75) is 25.8 Å². The van der Waals surface area contributed by atoms with Crippen LogP contribution in [0.25, 0.3) is 27.5 Å². The van der Waals surface area contributed by atoms with Crippen LogP contribution in [0.1, 0.15) is 35.1 Å². The van der Waals surface area contributed by atoms with Gasteiger partial charge in [0.1, 0.15) is 11.6 Å². The van der Waals surface area contributed by atoms with Crippen LogP contribution in [0.5, 0.6) is 5.75 Å². The lowest BCUT2D eigenvalue weighted by molar-refractivity contribution is -0.120. The number of fused-ring (bicyclic) bond motifs is 2. The third kappa shape index (κ3) is 5.33. The Morgan fingerprint density at radius 3 is 2.56 bits per heavy atom. The number of para-hydroxylation sites is 3. The first-order chi connectivity index (χ1) is 21.9. The molecule has 3 heterocycles. The summed E-state index contributed by atoms with van der Waals surface area (Å²) in [7, 11) is 1.56. The third-order valence-corrected chi connectivity index (χ3v) is 8.79. The number of carbonyl (C=O) groups excluding carboxylic acids is 1. The van der Waals surface area contributed by atoms with Crippen molar-refractivity contribution in [3.05, 3.63) is 135 Å². The summed E-state index contributed by atoms with van der Waals surface area (Å²) in [6.07, 6.45) is 0.598. The predicted octanol–water partition coefficient (Wildman–Crippen LogP) is 6.91. The van der Waals surface area contributed by atoms with E-state index in [2.05, 4.69) is 40.0 Å². The number of hydrogen-bond donors (Lipinski definition) is 1. The Hall–Kier alpha value is -5.02. The van der Waals surface area contributed by atoms with E-state index in [0.29, 0.717) is 34.6 Å². The highest BCUT2D eigenvalue weighted by atomic mass is 79.9. The van der Waals surface area contributed by atoms with Crippen molar-refractivity contribution in [1.29, 1.82) is 0 Å². The van der Waals surface area contributed by atoms with Gasteiger partial charge in [0.15, 0.2) is 5.78 Å². The Bertz CT molecular complexity index is 2170. The number of aryl methyl sites for hydroxylation is 1. The second-order valence-electron chi connectivity index (χ2n) is 11.2. The molecule has 1 unspecified atom stereocenters. The number of carbonyl (C=O) groups is 1. The predicted molar refractivity (Wildman–Crippen MR) is 180 cm³/mol. The van der Waals surface area contributed by atoms with Crippen molar-refractivity contribution >= 4 is 49.2 Å². The van der Waals surface area contributed by atoms with Crippen LogP contribution in [0.15, 0.2) is 111 Å². The molecule has 0 radical (unpaired) electrons. The van der Waals surface area contributed by atoms with E-state index in [1.54, 1.807) is 31.4 Å². The van der Waals surface area contributed by atoms with Gasteiger partial charge in [0.2, 0.25) is 0 Å². The molecule has 4 aromatic carbocycles. The highest BCUT2D eigenvalue weighted by Gasteiger charge is 2.33. The average molecular weight is 661 g/mol. The van der Waals surface area contributed by atoms with E-state index < -0.39 is 0 Å². The molecule has 1 aliphatic heterocycles. The number of aromatic nitrogens is 3. The Morgan fingerprint density at radius 1 is 0.978 bits per heavy atom. The fourth-order valence-corrected chi connectivity index (χ4v) is 6.64. The minimum atomic E-state index is -0.272. The molecule has 224 valence electrons. The number of nitrogens with zero attached hydrogens (tertiary/aromatic N) is 4. The number of Topliss-reactive ketones (excluding diaryl/α,β-unsaturated/α-hetero) is 1. The Balaban J connectivity index is 1.29. The van der Waals surface area contributed by atoms with Gasteiger partial charge in [-0.25, -0.2) is 4.98 Å². The summed E-state index contributed by atoms with van der Waals surface area (Å²) in [4.78, 5) is 36.3. The maximum atomic E-state index is 14.0. The zero-order chi connectivity index (χ0) is 31.1. The van der Waals surface area contributed by atoms with Crippen molar-refractivity contribution in [1.82, 2.24) is 19.5 Å². The molecule has 8 nitrogen and oxygen atoms in total. The van der Waals surface area contributed by atoms with Gasteiger partial charge in [-0.1, -0.05) is 76.6 Å². The van der Waals surface area contributed by atoms with Crippen molar-refractivity contribution < 1.29 is 9.53 Å². The normalized spacial score (nSPS) is 14.7. The lowest BCUT2D eigenvalue weighted by atomic mass is 9.96. The fraction of sp³-hybridized carbons (Fsp3) is 0.167. The van der Waals surface area contributed by atoms with Crippen molar-refractivity contribution in [2.24, 2.45) is 5.10 Å². The molecule has 0 aliphatic carbocycles. The van der Waals surface area contributed by atoms with E-state index in [0.717, 1.165) is 37.9 Å². The zero-order valence-corrected chi connectivity index (χ0v) is 26.4. The van der Waals surface area contributed by atoms with Crippen LogP contribution < -0.4 is 10.3 Å². The fourth-order valence-electron chi connectivity index (χ4n) is 6.28. The average Bonchev–Trinajstić information content (AvgIpc) is 3.61. The van der Waals surface area contributed by atoms with Gasteiger partial charge < -0.3 is 9.72 Å². The number of aromatic amines is 1. The van der Waals surface area contributed by atoms with Crippen LogP contribution in [-0.2, 0) is 11.2 Å². The van der Waals surface area contributed by atoms with Crippen LogP contribution >= 0.6 is 15.9 Å². The SMILES string of the molecule is COc1ccccc1-n1c(CC(=O)CN2N=C(c3ccccc3)CC2c2c(C)[nH]c3ccccc23)nc2ccc(Br)cc2c1=O. The molecule has 0 amide bonds. The molecule has 1 atom stereocenters. The lowest BCUT2D eigenvalue weighted by Gasteiger charge is -2.24. The number of ether oxygens (including phenoxy) is 1. The molecule has 0 fully saturated rings. The molecular weight excluding hydrogens is 630 g/mol. The second kappa shape index (κ2) is 11.8. The summed E-state index contributed by atoms with van der Waals surface area (Å²) in [5, 5.41) is 8.47. The number of methoxy groups -OCH3 is 1. The number of benzene rings is 4. The van der Waals surface area contributed by atoms with Crippen molar-refractivity contribution in [3.63, 3.8) is 0 Å². The summed E-state index contributed by atoms with van der Waals surface area (Å²) >= 11 is 3.47. The Morgan fingerprint density at radius 2 is 1.73 bits per heavy atom. The molecule has 1 N–H and O–H groups in total. The van der Waals surface area contributed by atoms with Gasteiger partial charge >= 0.3 is 0 Å². The van der Waals surface area contributed by atoms with Gasteiger partial charge in [-0.05, 0) is 48.9 Å². The van der Waals surface area contributed by atoms with Gasteiger partial charge in [0, 0.05) is 33.1 Å². The summed E-state index contributed by atoms with van der Waals surface area (Å²) < 4.78 is 7.87. The third-order valence-electron chi connectivity index (χ3n) is 8.30. The highest BCUT2D eigenvalue weighted by molar-refractivity contribution is 9.10. The minimum absolute atomic E-state index is 0.0557. The van der Waals surface area contributed by atoms with Crippen molar-refractivity contribution in [3.8, 4) is 11.4 Å². The van der Waals surface area contributed by atoms with Crippen LogP contribution in [-0.4, -0.2) is 44.7 Å². The first-order valence-corrected chi connectivity index (χ1v) is 15.5. The van der Waals surface area contributed by atoms with Crippen LogP contribution in [0.4, 0.5) is 0 Å². The van der Waals surface area contributed by atoms with E-state index in [1.807, 2.05) is 65.7 Å². The smallest absolute Gasteiger partial charge is 0.266 e. The summed E-state index contributed by atoms with van der Waals surface area (Å²) in [5.41, 5.74) is 5.98. The maximum absolute atomic E-state index is 14.0. The highest BCUT2D eigenvalue weighted by Crippen LogP contribution is 2.38. The van der Waals surface area contributed by atoms with E-state index in [9.17, 15) is 9.59 Å². The first kappa shape index (κ1) is 28.7. The molecule has 6 aromatic rings. The molecular formula is C36H30BrN5O3. The number of hydrazone groups is 1. The van der Waals surface area contributed by atoms with E-state index in [1.165, 1.54) is 4.57 Å². The van der Waals surface area contributed by atoms with Crippen LogP contribution in [0.2, 0.25) is 0 Å². The number of hydrogen-bond acceptors (Lipinski definition) is 6. The number of ketones is 1. The van der Waals surface area contributed by atoms with Gasteiger partial charge in [0.25, 0.3) is 5.56 Å². The van der Waals surface area contributed by atoms with Crippen LogP contribution in [0.3, 0.4) is 0 Å². The Kier molecular flexibility index (Phi) is 7.55. The van der Waals surface area contributed by atoms with Gasteiger partial charge in [-0.3, -0.25) is 19.2 Å². The Labute approximate surface area is 268 Å². The number of rotatable bonds is 8. The molecule has 2 aromatic heterocycles. The lowest BCUT2D eigenvalue weighted by Crippen LogP contribution is -2.31. The minimum Gasteiger partial charge on any atom is -0.495 e. The molecule has 9 heteroatoms. The second-order valence-corrected chi connectivity index (χ2v) is 12.1. The molecule has 45 heavy (non-hydrogen) atoms. The number of nitrogens with one attached hydrogen (secondary N) is 1. The maximum Gasteiger partial charge on any atom is 0.266 e. The van der Waals surface area contributed by atoms with E-state index in [-0.39, 0.29) is 30.3 Å². The van der Waals surface area contributed by atoms with Gasteiger partial charge in [-0.2, -0.15) is 5.10 Å². The zero-order valence-electron chi connectivity index (χ0n) is 24.8. The summed E-state index contributed by atoms with van der Waals surface area (Å²) in [5.74, 6) is 0.745. The molecule has 0 spiro atoms. The van der Waals surface area contributed by atoms with Gasteiger partial charge in [-0.15, -0.1) is 0 Å². The topological polar surface area (TPSA) is 92.6 Å². The molecule has 0 saturated heterocycles. The van der Waals surface area contributed by atoms with Gasteiger partial charge in [0.05, 0.1) is 48.4 Å². The number of H-pyrrole nitrogens is 1. The quantitative estimate of drug-likeness (QED) is 0.192. The number of halogens is 1. The van der Waals surface area contributed by atoms with Crippen LogP contribution in [0, 0.1) is 6.92 Å². The molecule has 7 rings (SSSR count). The largest absolute Gasteiger partial charge is 0.495 e. The molecule has 0 bridgehead atoms. The first-order valence-electron chi connectivity index (χ1n) is 14.7. The molecule has 0 saturated carbocycles. The molecule has 1 aliphatic rings. The van der Waals surface area contributed by atoms with Crippen molar-refractivity contribution in [2.75, 3.05) is 13.7 Å².